The number of carboxylic acid groups (broad SMARTS) is 1. The van der Waals surface area contributed by atoms with Crippen molar-refractivity contribution in [3.63, 3.8) is 0 Å². The van der Waals surface area contributed by atoms with E-state index in [1.54, 1.807) is 19.2 Å². The van der Waals surface area contributed by atoms with Crippen molar-refractivity contribution >= 4 is 22.4 Å². The number of ether oxygens (including phenoxy) is 1. The summed E-state index contributed by atoms with van der Waals surface area (Å²) in [6.45, 7) is 0.900. The summed E-state index contributed by atoms with van der Waals surface area (Å²) < 4.78 is 5.36. The molecule has 5 heteroatoms. The first-order valence-electron chi connectivity index (χ1n) is 10.5. The van der Waals surface area contributed by atoms with E-state index in [9.17, 15) is 9.90 Å². The number of methoxy groups -OCH3 is 1. The fourth-order valence-electron chi connectivity index (χ4n) is 4.26. The molecule has 3 N–H and O–H groups in total. The van der Waals surface area contributed by atoms with E-state index in [4.69, 9.17) is 4.74 Å². The zero-order chi connectivity index (χ0) is 20.9. The van der Waals surface area contributed by atoms with E-state index in [0.717, 1.165) is 55.3 Å². The Morgan fingerprint density at radius 2 is 2.10 bits per heavy atom. The van der Waals surface area contributed by atoms with Crippen molar-refractivity contribution in [3.05, 3.63) is 71.4 Å². The molecular formula is C25H28N2O3. The zero-order valence-corrected chi connectivity index (χ0v) is 17.3. The maximum Gasteiger partial charge on any atom is 0.335 e. The van der Waals surface area contributed by atoms with Gasteiger partial charge in [-0.25, -0.2) is 4.79 Å². The number of aryl methyl sites for hydroxylation is 1. The molecule has 0 aliphatic carbocycles. The van der Waals surface area contributed by atoms with Gasteiger partial charge in [-0.2, -0.15) is 0 Å². The van der Waals surface area contributed by atoms with E-state index >= 15 is 0 Å². The first-order chi connectivity index (χ1) is 14.6. The van der Waals surface area contributed by atoms with Gasteiger partial charge in [0.1, 0.15) is 5.75 Å². The minimum absolute atomic E-state index is 0.339. The molecule has 3 aromatic rings. The van der Waals surface area contributed by atoms with Crippen LogP contribution in [0.3, 0.4) is 0 Å². The molecule has 0 radical (unpaired) electrons. The molecule has 1 atom stereocenters. The topological polar surface area (TPSA) is 74.3 Å². The van der Waals surface area contributed by atoms with Gasteiger partial charge >= 0.3 is 5.97 Å². The molecule has 0 saturated carbocycles. The van der Waals surface area contributed by atoms with Crippen LogP contribution in [0.5, 0.6) is 5.75 Å². The molecule has 0 fully saturated rings. The number of unbranched alkanes of at least 4 members (excludes halogenated alkanes) is 1. The van der Waals surface area contributed by atoms with Crippen molar-refractivity contribution in [1.29, 1.82) is 0 Å². The predicted molar refractivity (Wildman–Crippen MR) is 120 cm³/mol. The van der Waals surface area contributed by atoms with Gasteiger partial charge < -0.3 is 20.1 Å². The molecule has 1 aromatic heterocycles. The lowest BCUT2D eigenvalue weighted by atomic mass is 9.92. The van der Waals surface area contributed by atoms with E-state index in [1.807, 2.05) is 24.4 Å². The molecule has 0 saturated heterocycles. The van der Waals surface area contributed by atoms with Crippen LogP contribution in [0.1, 0.15) is 47.2 Å². The number of benzene rings is 2. The first kappa shape index (κ1) is 20.2. The Hall–Kier alpha value is -3.05. The van der Waals surface area contributed by atoms with Crippen LogP contribution in [0, 0.1) is 0 Å². The van der Waals surface area contributed by atoms with Crippen LogP contribution < -0.4 is 10.1 Å². The number of rotatable bonds is 8. The molecule has 0 amide bonds. The van der Waals surface area contributed by atoms with Gasteiger partial charge in [-0.05, 0) is 72.7 Å². The molecule has 2 aromatic carbocycles. The first-order valence-corrected chi connectivity index (χ1v) is 10.5. The summed E-state index contributed by atoms with van der Waals surface area (Å²) in [4.78, 5) is 14.5. The van der Waals surface area contributed by atoms with Crippen LogP contribution >= 0.6 is 0 Å². The van der Waals surface area contributed by atoms with E-state index in [-0.39, 0.29) is 0 Å². The standard InChI is InChI=1S/C25H28N2O3/c1-30-22-8-4-6-17(14-22)18-11-12-26-21(13-18)7-3-2-5-20-16-27-24-10-9-19(25(28)29)15-23(20)24/h4,6,8-11,14-16,21,26-27H,2-3,5,7,12-13H2,1H3,(H,28,29). The number of nitrogens with one attached hydrogen (secondary N) is 2. The van der Waals surface area contributed by atoms with E-state index in [2.05, 4.69) is 28.5 Å². The number of aromatic amines is 1. The lowest BCUT2D eigenvalue weighted by Gasteiger charge is -2.25. The number of H-pyrrole nitrogens is 1. The number of hydrogen-bond donors (Lipinski definition) is 3. The minimum Gasteiger partial charge on any atom is -0.497 e. The lowest BCUT2D eigenvalue weighted by Crippen LogP contribution is -2.32. The number of aromatic nitrogens is 1. The second kappa shape index (κ2) is 9.18. The third-order valence-corrected chi connectivity index (χ3v) is 5.92. The highest BCUT2D eigenvalue weighted by atomic mass is 16.5. The van der Waals surface area contributed by atoms with Gasteiger partial charge in [0.05, 0.1) is 12.7 Å². The van der Waals surface area contributed by atoms with Crippen LogP contribution in [-0.2, 0) is 6.42 Å². The molecule has 2 heterocycles. The smallest absolute Gasteiger partial charge is 0.335 e. The average Bonchev–Trinajstić information content (AvgIpc) is 3.19. The van der Waals surface area contributed by atoms with Gasteiger partial charge in [-0.3, -0.25) is 0 Å². The number of carbonyl (C=O) groups is 1. The Balaban J connectivity index is 1.31. The molecule has 0 bridgehead atoms. The Morgan fingerprint density at radius 1 is 1.20 bits per heavy atom. The second-order valence-corrected chi connectivity index (χ2v) is 7.90. The zero-order valence-electron chi connectivity index (χ0n) is 17.3. The van der Waals surface area contributed by atoms with Gasteiger partial charge in [0, 0.05) is 29.7 Å². The van der Waals surface area contributed by atoms with Gasteiger partial charge in [-0.15, -0.1) is 0 Å². The highest BCUT2D eigenvalue weighted by Crippen LogP contribution is 2.27. The normalized spacial score (nSPS) is 16.4. The largest absolute Gasteiger partial charge is 0.497 e. The molecule has 156 valence electrons. The van der Waals surface area contributed by atoms with Crippen LogP contribution in [-0.4, -0.2) is 35.8 Å². The van der Waals surface area contributed by atoms with Crippen molar-refractivity contribution in [2.24, 2.45) is 0 Å². The SMILES string of the molecule is COc1cccc(C2=CCNC(CCCCc3c[nH]c4ccc(C(=O)O)cc34)C2)c1. The Kier molecular flexibility index (Phi) is 6.19. The van der Waals surface area contributed by atoms with Crippen molar-refractivity contribution in [1.82, 2.24) is 10.3 Å². The third kappa shape index (κ3) is 4.57. The number of carboxylic acids is 1. The summed E-state index contributed by atoms with van der Waals surface area (Å²) in [6, 6.07) is 14.0. The number of hydrogen-bond acceptors (Lipinski definition) is 3. The maximum atomic E-state index is 11.2. The molecule has 1 unspecified atom stereocenters. The predicted octanol–water partition coefficient (Wildman–Crippen LogP) is 5.03. The number of fused-ring (bicyclic) bond motifs is 1. The van der Waals surface area contributed by atoms with Crippen molar-refractivity contribution in [3.8, 4) is 5.75 Å². The quantitative estimate of drug-likeness (QED) is 0.460. The van der Waals surface area contributed by atoms with Crippen LogP contribution in [0.2, 0.25) is 0 Å². The Labute approximate surface area is 176 Å². The van der Waals surface area contributed by atoms with Crippen molar-refractivity contribution < 1.29 is 14.6 Å². The molecule has 5 nitrogen and oxygen atoms in total. The van der Waals surface area contributed by atoms with Gasteiger partial charge in [-0.1, -0.05) is 24.6 Å². The Morgan fingerprint density at radius 3 is 2.93 bits per heavy atom. The summed E-state index contributed by atoms with van der Waals surface area (Å²) in [7, 11) is 1.70. The highest BCUT2D eigenvalue weighted by molar-refractivity contribution is 5.94. The molecule has 4 rings (SSSR count). The van der Waals surface area contributed by atoms with E-state index in [0.29, 0.717) is 11.6 Å². The number of aromatic carboxylic acids is 1. The van der Waals surface area contributed by atoms with Crippen molar-refractivity contribution in [2.45, 2.75) is 38.1 Å². The molecule has 1 aliphatic rings. The molecular weight excluding hydrogens is 376 g/mol. The second-order valence-electron chi connectivity index (χ2n) is 7.90. The highest BCUT2D eigenvalue weighted by Gasteiger charge is 2.16. The molecule has 0 spiro atoms. The fraction of sp³-hybridized carbons (Fsp3) is 0.320. The minimum atomic E-state index is -0.882. The maximum absolute atomic E-state index is 11.2. The lowest BCUT2D eigenvalue weighted by molar-refractivity contribution is 0.0697. The third-order valence-electron chi connectivity index (χ3n) is 5.92. The van der Waals surface area contributed by atoms with Crippen LogP contribution in [0.25, 0.3) is 16.5 Å². The Bertz CT molecular complexity index is 1070. The summed E-state index contributed by atoms with van der Waals surface area (Å²) in [5.41, 5.74) is 5.16. The van der Waals surface area contributed by atoms with Gasteiger partial charge in [0.2, 0.25) is 0 Å². The molecule has 1 aliphatic heterocycles. The average molecular weight is 405 g/mol. The monoisotopic (exact) mass is 404 g/mol. The summed E-state index contributed by atoms with van der Waals surface area (Å²) in [6.07, 6.45) is 9.62. The van der Waals surface area contributed by atoms with Gasteiger partial charge in [0.15, 0.2) is 0 Å². The van der Waals surface area contributed by atoms with Crippen LogP contribution in [0.4, 0.5) is 0 Å². The fourth-order valence-corrected chi connectivity index (χ4v) is 4.26. The summed E-state index contributed by atoms with van der Waals surface area (Å²) >= 11 is 0. The van der Waals surface area contributed by atoms with E-state index in [1.165, 1.54) is 16.7 Å². The molecule has 30 heavy (non-hydrogen) atoms. The summed E-state index contributed by atoms with van der Waals surface area (Å²) in [5.74, 6) is 0.0144. The van der Waals surface area contributed by atoms with Gasteiger partial charge in [0.25, 0.3) is 0 Å². The van der Waals surface area contributed by atoms with Crippen molar-refractivity contribution in [2.75, 3.05) is 13.7 Å². The van der Waals surface area contributed by atoms with E-state index < -0.39 is 5.97 Å². The summed E-state index contributed by atoms with van der Waals surface area (Å²) in [5, 5.41) is 13.9. The van der Waals surface area contributed by atoms with Crippen LogP contribution in [0.15, 0.2) is 54.7 Å².